The number of hydrogen-bond acceptors (Lipinski definition) is 3. The predicted octanol–water partition coefficient (Wildman–Crippen LogP) is 2.45. The fraction of sp³-hybridized carbons (Fsp3) is 0.824. The molecule has 0 amide bonds. The molecule has 0 spiro atoms. The lowest BCUT2D eigenvalue weighted by molar-refractivity contribution is 0.0431. The van der Waals surface area contributed by atoms with Crippen LogP contribution in [0.15, 0.2) is 12.4 Å². The molecule has 4 nitrogen and oxygen atoms in total. The summed E-state index contributed by atoms with van der Waals surface area (Å²) in [4.78, 5) is 7.01. The van der Waals surface area contributed by atoms with Crippen LogP contribution in [0.2, 0.25) is 0 Å². The molecule has 1 unspecified atom stereocenters. The van der Waals surface area contributed by atoms with Gasteiger partial charge in [-0.25, -0.2) is 4.98 Å². The van der Waals surface area contributed by atoms with E-state index < -0.39 is 0 Å². The highest BCUT2D eigenvalue weighted by Gasteiger charge is 2.43. The van der Waals surface area contributed by atoms with Gasteiger partial charge >= 0.3 is 0 Å². The molecule has 1 aromatic rings. The van der Waals surface area contributed by atoms with E-state index in [-0.39, 0.29) is 5.54 Å². The summed E-state index contributed by atoms with van der Waals surface area (Å²) < 4.78 is 2.15. The van der Waals surface area contributed by atoms with Crippen molar-refractivity contribution in [3.05, 3.63) is 18.2 Å². The predicted molar refractivity (Wildman–Crippen MR) is 88.4 cm³/mol. The Balaban J connectivity index is 2.22. The summed E-state index contributed by atoms with van der Waals surface area (Å²) in [5.74, 6) is 2.05. The Bertz CT molecular complexity index is 430. The lowest BCUT2D eigenvalue weighted by atomic mass is 9.71. The van der Waals surface area contributed by atoms with Gasteiger partial charge in [0.15, 0.2) is 0 Å². The third-order valence-corrected chi connectivity index (χ3v) is 5.44. The molecule has 4 heteroatoms. The maximum absolute atomic E-state index is 4.54. The molecule has 0 saturated heterocycles. The highest BCUT2D eigenvalue weighted by atomic mass is 15.2. The van der Waals surface area contributed by atoms with Crippen molar-refractivity contribution in [1.29, 1.82) is 0 Å². The second-order valence-electron chi connectivity index (χ2n) is 6.95. The van der Waals surface area contributed by atoms with E-state index in [0.717, 1.165) is 18.9 Å². The molecule has 1 aromatic heterocycles. The van der Waals surface area contributed by atoms with E-state index in [1.807, 2.05) is 12.4 Å². The Hall–Kier alpha value is -0.870. The summed E-state index contributed by atoms with van der Waals surface area (Å²) >= 11 is 0. The van der Waals surface area contributed by atoms with Gasteiger partial charge in [-0.05, 0) is 52.2 Å². The Morgan fingerprint density at radius 2 is 2.10 bits per heavy atom. The number of aryl methyl sites for hydroxylation is 1. The highest BCUT2D eigenvalue weighted by molar-refractivity contribution is 5.06. The monoisotopic (exact) mass is 292 g/mol. The van der Waals surface area contributed by atoms with Gasteiger partial charge in [-0.15, -0.1) is 0 Å². The second-order valence-corrected chi connectivity index (χ2v) is 6.95. The van der Waals surface area contributed by atoms with Crippen LogP contribution in [-0.4, -0.2) is 46.7 Å². The molecule has 0 bridgehead atoms. The molecule has 1 N–H and O–H groups in total. The quantitative estimate of drug-likeness (QED) is 0.874. The van der Waals surface area contributed by atoms with E-state index in [0.29, 0.717) is 6.04 Å². The van der Waals surface area contributed by atoms with Gasteiger partial charge in [0.2, 0.25) is 0 Å². The minimum Gasteiger partial charge on any atom is -0.338 e. The summed E-state index contributed by atoms with van der Waals surface area (Å²) in [6.07, 6.45) is 10.2. The van der Waals surface area contributed by atoms with Crippen LogP contribution in [0.1, 0.15) is 45.4 Å². The molecule has 1 aliphatic carbocycles. The number of rotatable bonds is 6. The van der Waals surface area contributed by atoms with E-state index in [1.54, 1.807) is 0 Å². The molecular weight excluding hydrogens is 260 g/mol. The van der Waals surface area contributed by atoms with Crippen molar-refractivity contribution in [2.75, 3.05) is 20.6 Å². The van der Waals surface area contributed by atoms with Gasteiger partial charge in [0, 0.05) is 37.4 Å². The number of likely N-dealkylation sites (N-methyl/N-ethyl adjacent to an activating group) is 2. The minimum absolute atomic E-state index is 0.258. The Morgan fingerprint density at radius 1 is 1.43 bits per heavy atom. The number of hydrogen-bond donors (Lipinski definition) is 1. The van der Waals surface area contributed by atoms with Crippen LogP contribution in [0.5, 0.6) is 0 Å². The number of nitrogens with zero attached hydrogens (tertiary/aromatic N) is 3. The van der Waals surface area contributed by atoms with Crippen LogP contribution in [0.25, 0.3) is 0 Å². The molecule has 1 atom stereocenters. The molecule has 1 aliphatic rings. The Kier molecular flexibility index (Phi) is 5.44. The van der Waals surface area contributed by atoms with Crippen molar-refractivity contribution in [2.24, 2.45) is 13.0 Å². The topological polar surface area (TPSA) is 33.1 Å². The first-order valence-corrected chi connectivity index (χ1v) is 8.36. The number of aromatic nitrogens is 2. The summed E-state index contributed by atoms with van der Waals surface area (Å²) in [6.45, 7) is 5.61. The van der Waals surface area contributed by atoms with E-state index >= 15 is 0 Å². The molecule has 1 fully saturated rings. The third kappa shape index (κ3) is 3.49. The lowest BCUT2D eigenvalue weighted by Gasteiger charge is -2.50. The Labute approximate surface area is 129 Å². The van der Waals surface area contributed by atoms with Crippen LogP contribution in [-0.2, 0) is 13.5 Å². The molecule has 0 aliphatic heterocycles. The summed E-state index contributed by atoms with van der Waals surface area (Å²) in [5.41, 5.74) is 0.258. The van der Waals surface area contributed by atoms with Crippen molar-refractivity contribution in [1.82, 2.24) is 19.8 Å². The summed E-state index contributed by atoms with van der Waals surface area (Å²) in [7, 11) is 6.59. The zero-order valence-corrected chi connectivity index (χ0v) is 14.4. The molecule has 1 heterocycles. The third-order valence-electron chi connectivity index (χ3n) is 5.44. The van der Waals surface area contributed by atoms with Crippen molar-refractivity contribution >= 4 is 0 Å². The number of imidazole rings is 1. The van der Waals surface area contributed by atoms with E-state index in [1.165, 1.54) is 31.5 Å². The van der Waals surface area contributed by atoms with Crippen LogP contribution in [0, 0.1) is 5.92 Å². The molecule has 2 rings (SSSR count). The molecular formula is C17H32N4. The smallest absolute Gasteiger partial charge is 0.109 e. The average Bonchev–Trinajstić information content (AvgIpc) is 2.85. The fourth-order valence-corrected chi connectivity index (χ4v) is 3.84. The average molecular weight is 292 g/mol. The van der Waals surface area contributed by atoms with Gasteiger partial charge in [-0.1, -0.05) is 13.8 Å². The van der Waals surface area contributed by atoms with E-state index in [4.69, 9.17) is 0 Å². The molecule has 21 heavy (non-hydrogen) atoms. The first-order chi connectivity index (χ1) is 9.99. The molecule has 120 valence electrons. The van der Waals surface area contributed by atoms with E-state index in [2.05, 4.69) is 54.8 Å². The largest absolute Gasteiger partial charge is 0.338 e. The van der Waals surface area contributed by atoms with Crippen LogP contribution >= 0.6 is 0 Å². The molecule has 0 aromatic carbocycles. The van der Waals surface area contributed by atoms with Gasteiger partial charge in [-0.3, -0.25) is 0 Å². The number of nitrogens with one attached hydrogen (secondary N) is 1. The molecule has 1 saturated carbocycles. The van der Waals surface area contributed by atoms with Crippen LogP contribution in [0.4, 0.5) is 0 Å². The lowest BCUT2D eigenvalue weighted by Crippen LogP contribution is -2.61. The zero-order chi connectivity index (χ0) is 15.5. The summed E-state index contributed by atoms with van der Waals surface area (Å²) in [5, 5.41) is 3.76. The maximum atomic E-state index is 4.54. The second kappa shape index (κ2) is 6.93. The molecule has 0 radical (unpaired) electrons. The SMILES string of the molecule is CCNC(Cc1nccn1C)C1(N(C)C)CCC(C)CC1. The van der Waals surface area contributed by atoms with Gasteiger partial charge in [0.1, 0.15) is 5.82 Å². The maximum Gasteiger partial charge on any atom is 0.109 e. The van der Waals surface area contributed by atoms with Crippen molar-refractivity contribution in [3.63, 3.8) is 0 Å². The Morgan fingerprint density at radius 3 is 2.57 bits per heavy atom. The first kappa shape index (κ1) is 16.5. The van der Waals surface area contributed by atoms with Gasteiger partial charge in [0.05, 0.1) is 0 Å². The zero-order valence-electron chi connectivity index (χ0n) is 14.4. The highest BCUT2D eigenvalue weighted by Crippen LogP contribution is 2.38. The van der Waals surface area contributed by atoms with Gasteiger partial charge in [-0.2, -0.15) is 0 Å². The van der Waals surface area contributed by atoms with Gasteiger partial charge in [0.25, 0.3) is 0 Å². The minimum atomic E-state index is 0.258. The summed E-state index contributed by atoms with van der Waals surface area (Å²) in [6, 6.07) is 0.464. The normalized spacial score (nSPS) is 28.0. The van der Waals surface area contributed by atoms with Crippen molar-refractivity contribution in [3.8, 4) is 0 Å². The first-order valence-electron chi connectivity index (χ1n) is 8.36. The van der Waals surface area contributed by atoms with Crippen molar-refractivity contribution in [2.45, 2.75) is 57.5 Å². The van der Waals surface area contributed by atoms with E-state index in [9.17, 15) is 0 Å². The van der Waals surface area contributed by atoms with Crippen LogP contribution < -0.4 is 5.32 Å². The van der Waals surface area contributed by atoms with Gasteiger partial charge < -0.3 is 14.8 Å². The standard InChI is InChI=1S/C17H32N4/c1-6-18-15(13-16-19-11-12-21(16)5)17(20(3)4)9-7-14(2)8-10-17/h11-12,14-15,18H,6-10,13H2,1-5H3. The van der Waals surface area contributed by atoms with Crippen LogP contribution in [0.3, 0.4) is 0 Å². The van der Waals surface area contributed by atoms with Crippen molar-refractivity contribution < 1.29 is 0 Å². The fourth-order valence-electron chi connectivity index (χ4n) is 3.84.